The molecule has 0 amide bonds. The Morgan fingerprint density at radius 2 is 1.12 bits per heavy atom. The molecule has 0 radical (unpaired) electrons. The van der Waals surface area contributed by atoms with E-state index in [0.29, 0.717) is 0 Å². The van der Waals surface area contributed by atoms with Gasteiger partial charge in [-0.15, -0.1) is 22.7 Å². The van der Waals surface area contributed by atoms with Crippen LogP contribution in [0.5, 0.6) is 0 Å². The van der Waals surface area contributed by atoms with Crippen molar-refractivity contribution in [2.24, 2.45) is 0 Å². The van der Waals surface area contributed by atoms with Crippen LogP contribution in [-0.2, 0) is 0 Å². The summed E-state index contributed by atoms with van der Waals surface area (Å²) in [4.78, 5) is 9.03. The van der Waals surface area contributed by atoms with Gasteiger partial charge in [-0.2, -0.15) is 0 Å². The molecule has 0 fully saturated rings. The summed E-state index contributed by atoms with van der Waals surface area (Å²) in [5.74, 6) is 0. The molecule has 0 spiro atoms. The summed E-state index contributed by atoms with van der Waals surface area (Å²) in [6.45, 7) is 0. The topological polar surface area (TPSA) is 25.8 Å². The van der Waals surface area contributed by atoms with E-state index in [9.17, 15) is 0 Å². The first-order chi connectivity index (χ1) is 11.9. The van der Waals surface area contributed by atoms with Gasteiger partial charge in [0.1, 0.15) is 0 Å². The number of aromatic nitrogens is 2. The number of pyridine rings is 2. The van der Waals surface area contributed by atoms with E-state index in [0.717, 1.165) is 11.0 Å². The minimum atomic E-state index is 1.06. The summed E-state index contributed by atoms with van der Waals surface area (Å²) in [6, 6.07) is 17.2. The molecule has 2 nitrogen and oxygen atoms in total. The number of hydrogen-bond donors (Lipinski definition) is 0. The Morgan fingerprint density at radius 1 is 0.625 bits per heavy atom. The highest BCUT2D eigenvalue weighted by Gasteiger charge is 2.14. The molecule has 4 heteroatoms. The van der Waals surface area contributed by atoms with Crippen LogP contribution < -0.4 is 0 Å². The van der Waals surface area contributed by atoms with Crippen LogP contribution in [0.25, 0.3) is 51.4 Å². The number of rotatable bonds is 0. The minimum Gasteiger partial charge on any atom is -0.256 e. The summed E-state index contributed by atoms with van der Waals surface area (Å²) in [5, 5.41) is 5.05. The lowest BCUT2D eigenvalue weighted by Crippen LogP contribution is -1.76. The number of nitrogens with zero attached hydrogens (tertiary/aromatic N) is 2. The quantitative estimate of drug-likeness (QED) is 0.321. The average molecular weight is 342 g/mol. The van der Waals surface area contributed by atoms with Gasteiger partial charge in [0.2, 0.25) is 0 Å². The van der Waals surface area contributed by atoms with Gasteiger partial charge in [-0.25, -0.2) is 0 Å². The zero-order valence-electron chi connectivity index (χ0n) is 12.5. The van der Waals surface area contributed by atoms with Crippen LogP contribution in [0.2, 0.25) is 0 Å². The SMILES string of the molecule is c1cnc2cc3c(cc2c1)sc1c2cc4ncccc4cc2sc31. The van der Waals surface area contributed by atoms with E-state index in [1.807, 2.05) is 47.2 Å². The van der Waals surface area contributed by atoms with Gasteiger partial charge in [-0.05, 0) is 36.4 Å². The summed E-state index contributed by atoms with van der Waals surface area (Å²) in [7, 11) is 0. The van der Waals surface area contributed by atoms with Crippen molar-refractivity contribution in [1.29, 1.82) is 0 Å². The first kappa shape index (κ1) is 12.8. The second-order valence-electron chi connectivity index (χ2n) is 5.95. The van der Waals surface area contributed by atoms with Gasteiger partial charge < -0.3 is 0 Å². The molecule has 0 unspecified atom stereocenters. The van der Waals surface area contributed by atoms with Gasteiger partial charge in [0.25, 0.3) is 0 Å². The molecule has 0 bridgehead atoms. The smallest absolute Gasteiger partial charge is 0.0709 e. The lowest BCUT2D eigenvalue weighted by atomic mass is 10.1. The van der Waals surface area contributed by atoms with Crippen LogP contribution in [0.4, 0.5) is 0 Å². The molecule has 112 valence electrons. The zero-order valence-corrected chi connectivity index (χ0v) is 14.1. The molecular formula is C20H10N2S2. The molecule has 0 aliphatic heterocycles. The fraction of sp³-hybridized carbons (Fsp3) is 0. The number of thiophene rings is 2. The van der Waals surface area contributed by atoms with E-state index in [1.54, 1.807) is 0 Å². The Morgan fingerprint density at radius 3 is 1.62 bits per heavy atom. The molecule has 0 aliphatic carbocycles. The van der Waals surface area contributed by atoms with Crippen LogP contribution in [-0.4, -0.2) is 9.97 Å². The van der Waals surface area contributed by atoms with Crippen molar-refractivity contribution in [1.82, 2.24) is 9.97 Å². The molecule has 0 aliphatic rings. The predicted molar refractivity (Wildman–Crippen MR) is 105 cm³/mol. The van der Waals surface area contributed by atoms with Crippen LogP contribution in [0, 0.1) is 0 Å². The van der Waals surface area contributed by atoms with Gasteiger partial charge in [-0.3, -0.25) is 9.97 Å². The minimum absolute atomic E-state index is 1.06. The highest BCUT2D eigenvalue weighted by molar-refractivity contribution is 7.36. The summed E-state index contributed by atoms with van der Waals surface area (Å²) >= 11 is 3.75. The maximum absolute atomic E-state index is 4.52. The maximum Gasteiger partial charge on any atom is 0.0709 e. The molecule has 6 aromatic rings. The Bertz CT molecular complexity index is 1300. The van der Waals surface area contributed by atoms with Crippen molar-refractivity contribution in [3.63, 3.8) is 0 Å². The molecule has 4 heterocycles. The molecule has 4 aromatic heterocycles. The fourth-order valence-electron chi connectivity index (χ4n) is 3.39. The summed E-state index contributed by atoms with van der Waals surface area (Å²) in [5.41, 5.74) is 2.13. The summed E-state index contributed by atoms with van der Waals surface area (Å²) in [6.07, 6.45) is 3.72. The van der Waals surface area contributed by atoms with Crippen molar-refractivity contribution in [2.75, 3.05) is 0 Å². The monoisotopic (exact) mass is 342 g/mol. The highest BCUT2D eigenvalue weighted by atomic mass is 32.1. The van der Waals surface area contributed by atoms with E-state index in [-0.39, 0.29) is 0 Å². The molecule has 24 heavy (non-hydrogen) atoms. The Balaban J connectivity index is 1.81. The third kappa shape index (κ3) is 1.64. The molecule has 0 atom stereocenters. The van der Waals surface area contributed by atoms with Crippen LogP contribution in [0.15, 0.2) is 60.9 Å². The van der Waals surface area contributed by atoms with Crippen molar-refractivity contribution in [3.05, 3.63) is 60.9 Å². The number of benzene rings is 2. The molecule has 0 saturated heterocycles. The normalized spacial score (nSPS) is 12.2. The van der Waals surface area contributed by atoms with Crippen LogP contribution in [0.1, 0.15) is 0 Å². The Hall–Kier alpha value is -2.56. The molecule has 2 aromatic carbocycles. The maximum atomic E-state index is 4.52. The van der Waals surface area contributed by atoms with E-state index in [2.05, 4.69) is 46.4 Å². The third-order valence-electron chi connectivity index (χ3n) is 4.53. The molecule has 0 saturated carbocycles. The van der Waals surface area contributed by atoms with Crippen LogP contribution >= 0.6 is 22.7 Å². The summed E-state index contributed by atoms with van der Waals surface area (Å²) < 4.78 is 5.40. The number of fused-ring (bicyclic) bond motifs is 7. The second-order valence-corrected chi connectivity index (χ2v) is 8.06. The Labute approximate surface area is 145 Å². The van der Waals surface area contributed by atoms with Crippen molar-refractivity contribution in [2.45, 2.75) is 0 Å². The second kappa shape index (κ2) is 4.50. The standard InChI is InChI=1S/C20H10N2S2/c1-3-11-7-17-13(9-15(11)21-5-1)19-20(23-17)14-10-16-12(4-2-6-22-16)8-18(14)24-19/h1-10H. The lowest BCUT2D eigenvalue weighted by molar-refractivity contribution is 1.42. The van der Waals surface area contributed by atoms with Gasteiger partial charge in [-0.1, -0.05) is 12.1 Å². The van der Waals surface area contributed by atoms with Crippen molar-refractivity contribution >= 4 is 74.1 Å². The molecule has 0 N–H and O–H groups in total. The zero-order chi connectivity index (χ0) is 15.7. The average Bonchev–Trinajstić information content (AvgIpc) is 3.13. The van der Waals surface area contributed by atoms with Gasteiger partial charge in [0.05, 0.1) is 20.4 Å². The molecule has 6 rings (SSSR count). The van der Waals surface area contributed by atoms with E-state index < -0.39 is 0 Å². The van der Waals surface area contributed by atoms with Crippen molar-refractivity contribution < 1.29 is 0 Å². The van der Waals surface area contributed by atoms with E-state index >= 15 is 0 Å². The molecular weight excluding hydrogens is 332 g/mol. The number of hydrogen-bond acceptors (Lipinski definition) is 4. The Kier molecular flexibility index (Phi) is 2.40. The predicted octanol–water partition coefficient (Wildman–Crippen LogP) is 6.37. The fourth-order valence-corrected chi connectivity index (χ4v) is 6.09. The van der Waals surface area contributed by atoms with Gasteiger partial charge >= 0.3 is 0 Å². The van der Waals surface area contributed by atoms with Gasteiger partial charge in [0.15, 0.2) is 0 Å². The van der Waals surface area contributed by atoms with Gasteiger partial charge in [0, 0.05) is 43.3 Å². The van der Waals surface area contributed by atoms with Crippen LogP contribution in [0.3, 0.4) is 0 Å². The third-order valence-corrected chi connectivity index (χ3v) is 7.03. The van der Waals surface area contributed by atoms with E-state index in [4.69, 9.17) is 0 Å². The lowest BCUT2D eigenvalue weighted by Gasteiger charge is -1.97. The highest BCUT2D eigenvalue weighted by Crippen LogP contribution is 2.45. The first-order valence-electron chi connectivity index (χ1n) is 7.75. The first-order valence-corrected chi connectivity index (χ1v) is 9.38. The van der Waals surface area contributed by atoms with Crippen molar-refractivity contribution in [3.8, 4) is 0 Å². The van der Waals surface area contributed by atoms with E-state index in [1.165, 1.54) is 40.3 Å². The largest absolute Gasteiger partial charge is 0.256 e.